The van der Waals surface area contributed by atoms with Crippen molar-refractivity contribution in [2.75, 3.05) is 5.32 Å². The monoisotopic (exact) mass is 266 g/mol. The number of anilines is 1. The molecule has 6 heteroatoms. The standard InChI is InChI=1S/C13H18N2O4/c1-9-8-19-12(14-9)15-10(16)6-13(7-11(17)18)4-2-3-5-13/h8H,2-7H2,1H3,(H,17,18)(H,14,15,16). The van der Waals surface area contributed by atoms with Crippen LogP contribution in [0.25, 0.3) is 0 Å². The van der Waals surface area contributed by atoms with Gasteiger partial charge >= 0.3 is 12.0 Å². The summed E-state index contributed by atoms with van der Waals surface area (Å²) in [5.41, 5.74) is 0.286. The maximum atomic E-state index is 12.0. The van der Waals surface area contributed by atoms with Crippen LogP contribution < -0.4 is 5.32 Å². The minimum atomic E-state index is -0.846. The Kier molecular flexibility index (Phi) is 3.87. The molecule has 1 aliphatic rings. The molecule has 0 radical (unpaired) electrons. The van der Waals surface area contributed by atoms with Gasteiger partial charge in [0.25, 0.3) is 0 Å². The fourth-order valence-electron chi connectivity index (χ4n) is 2.78. The van der Waals surface area contributed by atoms with Crippen molar-refractivity contribution in [3.63, 3.8) is 0 Å². The Morgan fingerprint density at radius 3 is 2.63 bits per heavy atom. The van der Waals surface area contributed by atoms with Crippen LogP contribution in [-0.2, 0) is 9.59 Å². The van der Waals surface area contributed by atoms with Crippen LogP contribution in [0, 0.1) is 12.3 Å². The first-order valence-corrected chi connectivity index (χ1v) is 6.43. The number of carboxylic acid groups (broad SMARTS) is 1. The summed E-state index contributed by atoms with van der Waals surface area (Å²) in [5, 5.41) is 11.6. The molecule has 0 bridgehead atoms. The molecular formula is C13H18N2O4. The zero-order chi connectivity index (χ0) is 13.9. The summed E-state index contributed by atoms with van der Waals surface area (Å²) >= 11 is 0. The topological polar surface area (TPSA) is 92.4 Å². The molecule has 1 fully saturated rings. The van der Waals surface area contributed by atoms with E-state index in [4.69, 9.17) is 9.52 Å². The Morgan fingerprint density at radius 1 is 1.42 bits per heavy atom. The number of aliphatic carboxylic acids is 1. The maximum Gasteiger partial charge on any atom is 0.303 e. The van der Waals surface area contributed by atoms with E-state index in [0.717, 1.165) is 25.7 Å². The summed E-state index contributed by atoms with van der Waals surface area (Å²) < 4.78 is 5.05. The minimum absolute atomic E-state index is 0.0467. The molecule has 104 valence electrons. The normalized spacial score (nSPS) is 17.3. The van der Waals surface area contributed by atoms with E-state index in [9.17, 15) is 9.59 Å². The lowest BCUT2D eigenvalue weighted by atomic mass is 9.79. The fraction of sp³-hybridized carbons (Fsp3) is 0.615. The van der Waals surface area contributed by atoms with E-state index in [0.29, 0.717) is 5.69 Å². The number of aromatic nitrogens is 1. The van der Waals surface area contributed by atoms with Crippen LogP contribution in [0.4, 0.5) is 6.01 Å². The van der Waals surface area contributed by atoms with E-state index >= 15 is 0 Å². The highest BCUT2D eigenvalue weighted by molar-refractivity contribution is 5.89. The highest BCUT2D eigenvalue weighted by Crippen LogP contribution is 2.44. The van der Waals surface area contributed by atoms with Gasteiger partial charge in [-0.15, -0.1) is 0 Å². The second-order valence-electron chi connectivity index (χ2n) is 5.30. The van der Waals surface area contributed by atoms with Gasteiger partial charge in [0, 0.05) is 6.42 Å². The number of amides is 1. The summed E-state index contributed by atoms with van der Waals surface area (Å²) in [6, 6.07) is 0.172. The molecule has 1 saturated carbocycles. The van der Waals surface area contributed by atoms with Crippen molar-refractivity contribution >= 4 is 17.9 Å². The molecule has 1 aromatic heterocycles. The first-order chi connectivity index (χ1) is 8.99. The maximum absolute atomic E-state index is 12.0. The summed E-state index contributed by atoms with van der Waals surface area (Å²) in [6.07, 6.45) is 5.26. The van der Waals surface area contributed by atoms with Crippen molar-refractivity contribution in [2.45, 2.75) is 45.4 Å². The number of carbonyl (C=O) groups is 2. The van der Waals surface area contributed by atoms with E-state index in [2.05, 4.69) is 10.3 Å². The number of rotatable bonds is 5. The molecule has 19 heavy (non-hydrogen) atoms. The molecule has 2 N–H and O–H groups in total. The van der Waals surface area contributed by atoms with Gasteiger partial charge in [-0.25, -0.2) is 0 Å². The van der Waals surface area contributed by atoms with E-state index in [1.165, 1.54) is 6.26 Å². The quantitative estimate of drug-likeness (QED) is 0.853. The average Bonchev–Trinajstić information content (AvgIpc) is 2.87. The number of nitrogens with one attached hydrogen (secondary N) is 1. The van der Waals surface area contributed by atoms with E-state index < -0.39 is 11.4 Å². The van der Waals surface area contributed by atoms with Gasteiger partial charge in [-0.2, -0.15) is 4.98 Å². The molecule has 1 aromatic rings. The minimum Gasteiger partial charge on any atom is -0.481 e. The number of carboxylic acids is 1. The summed E-state index contributed by atoms with van der Waals surface area (Å²) in [4.78, 5) is 26.9. The molecule has 1 heterocycles. The highest BCUT2D eigenvalue weighted by atomic mass is 16.4. The van der Waals surface area contributed by atoms with Crippen LogP contribution >= 0.6 is 0 Å². The van der Waals surface area contributed by atoms with E-state index in [1.54, 1.807) is 6.92 Å². The number of hydrogen-bond acceptors (Lipinski definition) is 4. The Bertz CT molecular complexity index is 475. The van der Waals surface area contributed by atoms with Crippen molar-refractivity contribution in [3.8, 4) is 0 Å². The Balaban J connectivity index is 1.97. The molecule has 1 amide bonds. The third-order valence-electron chi connectivity index (χ3n) is 3.59. The van der Waals surface area contributed by atoms with Gasteiger partial charge in [-0.1, -0.05) is 12.8 Å². The largest absolute Gasteiger partial charge is 0.481 e. The van der Waals surface area contributed by atoms with Crippen molar-refractivity contribution in [3.05, 3.63) is 12.0 Å². The van der Waals surface area contributed by atoms with Crippen LogP contribution in [0.5, 0.6) is 0 Å². The van der Waals surface area contributed by atoms with Crippen LogP contribution in [-0.4, -0.2) is 22.0 Å². The lowest BCUT2D eigenvalue weighted by Crippen LogP contribution is -2.27. The van der Waals surface area contributed by atoms with Gasteiger partial charge in [0.2, 0.25) is 5.91 Å². The second kappa shape index (κ2) is 5.42. The number of oxazole rings is 1. The van der Waals surface area contributed by atoms with Crippen LogP contribution in [0.1, 0.15) is 44.2 Å². The molecule has 0 aliphatic heterocycles. The predicted octanol–water partition coefficient (Wildman–Crippen LogP) is 2.35. The molecule has 0 unspecified atom stereocenters. The zero-order valence-corrected chi connectivity index (χ0v) is 10.9. The average molecular weight is 266 g/mol. The Labute approximate surface area is 111 Å². The second-order valence-corrected chi connectivity index (χ2v) is 5.30. The molecule has 0 spiro atoms. The fourth-order valence-corrected chi connectivity index (χ4v) is 2.78. The van der Waals surface area contributed by atoms with Crippen LogP contribution in [0.15, 0.2) is 10.7 Å². The smallest absolute Gasteiger partial charge is 0.303 e. The summed E-state index contributed by atoms with van der Waals surface area (Å²) in [6.45, 7) is 1.77. The molecule has 0 atom stereocenters. The number of hydrogen-bond donors (Lipinski definition) is 2. The number of nitrogens with zero attached hydrogens (tertiary/aromatic N) is 1. The van der Waals surface area contributed by atoms with E-state index in [1.807, 2.05) is 0 Å². The van der Waals surface area contributed by atoms with Gasteiger partial charge in [-0.05, 0) is 25.2 Å². The predicted molar refractivity (Wildman–Crippen MR) is 67.6 cm³/mol. The van der Waals surface area contributed by atoms with Crippen molar-refractivity contribution in [1.82, 2.24) is 4.98 Å². The van der Waals surface area contributed by atoms with Crippen molar-refractivity contribution in [2.24, 2.45) is 5.41 Å². The summed E-state index contributed by atoms with van der Waals surface area (Å²) in [7, 11) is 0. The van der Waals surface area contributed by atoms with Crippen LogP contribution in [0.3, 0.4) is 0 Å². The Hall–Kier alpha value is -1.85. The van der Waals surface area contributed by atoms with Crippen LogP contribution in [0.2, 0.25) is 0 Å². The van der Waals surface area contributed by atoms with Gasteiger partial charge in [0.15, 0.2) is 0 Å². The molecular weight excluding hydrogens is 248 g/mol. The number of aryl methyl sites for hydroxylation is 1. The molecule has 2 rings (SSSR count). The SMILES string of the molecule is Cc1coc(NC(=O)CC2(CC(=O)O)CCCC2)n1. The molecule has 6 nitrogen and oxygen atoms in total. The molecule has 0 aromatic carbocycles. The van der Waals surface area contributed by atoms with E-state index in [-0.39, 0.29) is 24.8 Å². The molecule has 0 saturated heterocycles. The van der Waals surface area contributed by atoms with Gasteiger partial charge < -0.3 is 9.52 Å². The van der Waals surface area contributed by atoms with Gasteiger partial charge in [0.1, 0.15) is 6.26 Å². The summed E-state index contributed by atoms with van der Waals surface area (Å²) in [5.74, 6) is -1.08. The Morgan fingerprint density at radius 2 is 2.11 bits per heavy atom. The third-order valence-corrected chi connectivity index (χ3v) is 3.59. The highest BCUT2D eigenvalue weighted by Gasteiger charge is 2.38. The zero-order valence-electron chi connectivity index (χ0n) is 10.9. The van der Waals surface area contributed by atoms with Crippen molar-refractivity contribution < 1.29 is 19.1 Å². The first kappa shape index (κ1) is 13.6. The lowest BCUT2D eigenvalue weighted by molar-refractivity contribution is -0.140. The third kappa shape index (κ3) is 3.56. The van der Waals surface area contributed by atoms with Gasteiger partial charge in [0.05, 0.1) is 12.1 Å². The molecule has 1 aliphatic carbocycles. The lowest BCUT2D eigenvalue weighted by Gasteiger charge is -2.25. The van der Waals surface area contributed by atoms with Gasteiger partial charge in [-0.3, -0.25) is 14.9 Å². The van der Waals surface area contributed by atoms with Crippen molar-refractivity contribution in [1.29, 1.82) is 0 Å². The number of carbonyl (C=O) groups excluding carboxylic acids is 1. The first-order valence-electron chi connectivity index (χ1n) is 6.43.